The lowest BCUT2D eigenvalue weighted by molar-refractivity contribution is -0.142. The molecule has 0 N–H and O–H groups in total. The van der Waals surface area contributed by atoms with Crippen LogP contribution in [0, 0.1) is 5.92 Å². The maximum Gasteiger partial charge on any atom is 0.319 e. The van der Waals surface area contributed by atoms with E-state index in [9.17, 15) is 4.79 Å². The van der Waals surface area contributed by atoms with E-state index in [1.165, 1.54) is 7.11 Å². The van der Waals surface area contributed by atoms with Gasteiger partial charge in [-0.15, -0.1) is 0 Å². The van der Waals surface area contributed by atoms with Gasteiger partial charge in [0, 0.05) is 24.0 Å². The molecule has 1 saturated heterocycles. The van der Waals surface area contributed by atoms with E-state index in [1.54, 1.807) is 0 Å². The van der Waals surface area contributed by atoms with Crippen LogP contribution in [-0.2, 0) is 9.53 Å². The van der Waals surface area contributed by atoms with E-state index in [4.69, 9.17) is 5.53 Å². The molecule has 15 heavy (non-hydrogen) atoms. The third-order valence-electron chi connectivity index (χ3n) is 2.65. The summed E-state index contributed by atoms with van der Waals surface area (Å²) in [5.74, 6) is 0.295. The highest BCUT2D eigenvalue weighted by molar-refractivity contribution is 5.71. The molecule has 0 aromatic rings. The number of carbonyl (C=O) groups excluding carboxylic acids is 1. The largest absolute Gasteiger partial charge is 0.468 e. The molecule has 1 rings (SSSR count). The molecule has 2 atom stereocenters. The fraction of sp³-hybridized carbons (Fsp3) is 0.889. The quantitative estimate of drug-likeness (QED) is 0.304. The molecule has 1 fully saturated rings. The van der Waals surface area contributed by atoms with Crippen molar-refractivity contribution in [3.05, 3.63) is 10.4 Å². The molecule has 0 amide bonds. The summed E-state index contributed by atoms with van der Waals surface area (Å²) in [6.45, 7) is 3.70. The third-order valence-corrected chi connectivity index (χ3v) is 2.65. The Hall–Kier alpha value is -1.26. The van der Waals surface area contributed by atoms with Crippen LogP contribution in [0.1, 0.15) is 13.3 Å². The van der Waals surface area contributed by atoms with E-state index in [-0.39, 0.29) is 18.6 Å². The monoisotopic (exact) mass is 212 g/mol. The third kappa shape index (κ3) is 3.42. The minimum atomic E-state index is -0.241. The molecular weight excluding hydrogens is 196 g/mol. The summed E-state index contributed by atoms with van der Waals surface area (Å²) in [4.78, 5) is 15.9. The summed E-state index contributed by atoms with van der Waals surface area (Å²) in [7, 11) is 1.38. The molecule has 0 saturated carbocycles. The molecule has 1 heterocycles. The molecule has 0 bridgehead atoms. The van der Waals surface area contributed by atoms with Crippen molar-refractivity contribution < 1.29 is 9.53 Å². The average Bonchev–Trinajstić information content (AvgIpc) is 2.55. The Morgan fingerprint density at radius 2 is 2.47 bits per heavy atom. The van der Waals surface area contributed by atoms with Crippen molar-refractivity contribution in [2.45, 2.75) is 19.4 Å². The van der Waals surface area contributed by atoms with Gasteiger partial charge in [-0.25, -0.2) is 0 Å². The normalized spacial score (nSPS) is 26.0. The summed E-state index contributed by atoms with van der Waals surface area (Å²) in [6.07, 6.45) is 0.968. The van der Waals surface area contributed by atoms with Gasteiger partial charge < -0.3 is 4.74 Å². The van der Waals surface area contributed by atoms with Crippen molar-refractivity contribution in [3.63, 3.8) is 0 Å². The molecule has 0 unspecified atom stereocenters. The van der Waals surface area contributed by atoms with Crippen LogP contribution in [-0.4, -0.2) is 43.7 Å². The highest BCUT2D eigenvalue weighted by Gasteiger charge is 2.30. The highest BCUT2D eigenvalue weighted by Crippen LogP contribution is 2.22. The molecule has 6 heteroatoms. The Bertz CT molecular complexity index is 275. The number of azide groups is 1. The van der Waals surface area contributed by atoms with Crippen molar-refractivity contribution in [1.29, 1.82) is 0 Å². The van der Waals surface area contributed by atoms with Crippen molar-refractivity contribution in [3.8, 4) is 0 Å². The van der Waals surface area contributed by atoms with Crippen LogP contribution in [0.4, 0.5) is 0 Å². The van der Waals surface area contributed by atoms with Crippen molar-refractivity contribution in [1.82, 2.24) is 4.90 Å². The molecule has 84 valence electrons. The summed E-state index contributed by atoms with van der Waals surface area (Å²) < 4.78 is 4.62. The number of nitrogens with zero attached hydrogens (tertiary/aromatic N) is 4. The van der Waals surface area contributed by atoms with Gasteiger partial charge in [-0.3, -0.25) is 9.69 Å². The van der Waals surface area contributed by atoms with Gasteiger partial charge in [0.05, 0.1) is 13.7 Å². The fourth-order valence-electron chi connectivity index (χ4n) is 1.98. The van der Waals surface area contributed by atoms with E-state index in [1.807, 2.05) is 4.90 Å². The van der Waals surface area contributed by atoms with Crippen LogP contribution in [0.25, 0.3) is 10.4 Å². The summed E-state index contributed by atoms with van der Waals surface area (Å²) in [5.41, 5.74) is 8.25. The fourth-order valence-corrected chi connectivity index (χ4v) is 1.98. The number of methoxy groups -OCH3 is 1. The van der Waals surface area contributed by atoms with E-state index in [2.05, 4.69) is 21.7 Å². The Labute approximate surface area is 88.8 Å². The topological polar surface area (TPSA) is 78.3 Å². The summed E-state index contributed by atoms with van der Waals surface area (Å²) in [5, 5.41) is 3.56. The standard InChI is InChI=1S/C9H16N4O2/c1-7-3-8(4-11-12-10)13(5-7)6-9(14)15-2/h7-8H,3-6H2,1-2H3/t7-,8+/m0/s1. The van der Waals surface area contributed by atoms with Crippen LogP contribution >= 0.6 is 0 Å². The van der Waals surface area contributed by atoms with Gasteiger partial charge in [-0.1, -0.05) is 12.0 Å². The SMILES string of the molecule is COC(=O)CN1C[C@@H](C)C[C@@H]1CN=[N+]=[N-]. The van der Waals surface area contributed by atoms with E-state index in [0.717, 1.165) is 13.0 Å². The first-order chi connectivity index (χ1) is 7.17. The second kappa shape index (κ2) is 5.58. The molecule has 0 aromatic heterocycles. The molecular formula is C9H16N4O2. The van der Waals surface area contributed by atoms with E-state index < -0.39 is 0 Å². The first-order valence-corrected chi connectivity index (χ1v) is 4.99. The number of carbonyl (C=O) groups is 1. The van der Waals surface area contributed by atoms with Crippen molar-refractivity contribution in [2.24, 2.45) is 11.0 Å². The lowest BCUT2D eigenvalue weighted by Crippen LogP contribution is -2.36. The zero-order chi connectivity index (χ0) is 11.3. The first-order valence-electron chi connectivity index (χ1n) is 4.99. The Morgan fingerprint density at radius 1 is 1.73 bits per heavy atom. The second-order valence-corrected chi connectivity index (χ2v) is 3.91. The number of hydrogen-bond donors (Lipinski definition) is 0. The van der Waals surface area contributed by atoms with Gasteiger partial charge in [0.15, 0.2) is 0 Å². The smallest absolute Gasteiger partial charge is 0.319 e. The van der Waals surface area contributed by atoms with E-state index >= 15 is 0 Å². The Balaban J connectivity index is 2.52. The lowest BCUT2D eigenvalue weighted by Gasteiger charge is -2.21. The first kappa shape index (κ1) is 11.8. The van der Waals surface area contributed by atoms with Gasteiger partial charge in [0.1, 0.15) is 0 Å². The van der Waals surface area contributed by atoms with Crippen LogP contribution in [0.3, 0.4) is 0 Å². The molecule has 0 aromatic carbocycles. The van der Waals surface area contributed by atoms with Crippen LogP contribution in [0.2, 0.25) is 0 Å². The zero-order valence-electron chi connectivity index (χ0n) is 9.09. The number of likely N-dealkylation sites (tertiary alicyclic amines) is 1. The minimum Gasteiger partial charge on any atom is -0.468 e. The Morgan fingerprint density at radius 3 is 3.07 bits per heavy atom. The molecule has 0 spiro atoms. The predicted octanol–water partition coefficient (Wildman–Crippen LogP) is 1.18. The number of ether oxygens (including phenoxy) is 1. The predicted molar refractivity (Wildman–Crippen MR) is 55.2 cm³/mol. The molecule has 1 aliphatic heterocycles. The van der Waals surface area contributed by atoms with Crippen molar-refractivity contribution >= 4 is 5.97 Å². The molecule has 1 aliphatic rings. The zero-order valence-corrected chi connectivity index (χ0v) is 9.09. The van der Waals surface area contributed by atoms with Gasteiger partial charge >= 0.3 is 5.97 Å². The highest BCUT2D eigenvalue weighted by atomic mass is 16.5. The minimum absolute atomic E-state index is 0.176. The number of hydrogen-bond acceptors (Lipinski definition) is 4. The maximum atomic E-state index is 11.1. The van der Waals surface area contributed by atoms with Crippen LogP contribution < -0.4 is 0 Å². The van der Waals surface area contributed by atoms with E-state index in [0.29, 0.717) is 12.5 Å². The lowest BCUT2D eigenvalue weighted by atomic mass is 10.1. The molecule has 6 nitrogen and oxygen atoms in total. The Kier molecular flexibility index (Phi) is 4.39. The maximum absolute atomic E-state index is 11.1. The molecule has 0 radical (unpaired) electrons. The summed E-state index contributed by atoms with van der Waals surface area (Å²) in [6, 6.07) is 0.176. The van der Waals surface area contributed by atoms with Crippen LogP contribution in [0.15, 0.2) is 5.11 Å². The van der Waals surface area contributed by atoms with Gasteiger partial charge in [0.2, 0.25) is 0 Å². The van der Waals surface area contributed by atoms with Crippen molar-refractivity contribution in [2.75, 3.05) is 26.7 Å². The van der Waals surface area contributed by atoms with Gasteiger partial charge in [-0.05, 0) is 17.9 Å². The van der Waals surface area contributed by atoms with Gasteiger partial charge in [0.25, 0.3) is 0 Å². The summed E-state index contributed by atoms with van der Waals surface area (Å²) >= 11 is 0. The van der Waals surface area contributed by atoms with Crippen LogP contribution in [0.5, 0.6) is 0 Å². The molecule has 0 aliphatic carbocycles. The number of rotatable bonds is 4. The number of esters is 1. The van der Waals surface area contributed by atoms with Gasteiger partial charge in [-0.2, -0.15) is 0 Å². The second-order valence-electron chi connectivity index (χ2n) is 3.91. The average molecular weight is 212 g/mol.